The minimum absolute atomic E-state index is 0.0656. The van der Waals surface area contributed by atoms with Gasteiger partial charge in [0.05, 0.1) is 12.5 Å². The van der Waals surface area contributed by atoms with E-state index in [1.165, 1.54) is 0 Å². The Morgan fingerprint density at radius 2 is 1.68 bits per heavy atom. The van der Waals surface area contributed by atoms with E-state index in [-0.39, 0.29) is 31.9 Å². The number of carbonyl (C=O) groups excluding carboxylic acids is 3. The molecule has 5 N–H and O–H groups in total. The minimum Gasteiger partial charge on any atom is -0.481 e. The van der Waals surface area contributed by atoms with Crippen LogP contribution in [0.2, 0.25) is 0 Å². The zero-order chi connectivity index (χ0) is 25.9. The van der Waals surface area contributed by atoms with Crippen molar-refractivity contribution >= 4 is 23.7 Å². The largest absolute Gasteiger partial charge is 0.481 e. The number of aliphatic carboxylic acids is 1. The minimum atomic E-state index is -1.16. The fourth-order valence-corrected chi connectivity index (χ4v) is 3.51. The van der Waals surface area contributed by atoms with Crippen molar-refractivity contribution in [2.45, 2.75) is 72.6 Å². The number of carboxylic acids is 1. The Bertz CT molecular complexity index is 820. The highest BCUT2D eigenvalue weighted by molar-refractivity contribution is 5.92. The summed E-state index contributed by atoms with van der Waals surface area (Å²) in [5.74, 6) is -3.43. The van der Waals surface area contributed by atoms with Gasteiger partial charge in [-0.2, -0.15) is 0 Å². The van der Waals surface area contributed by atoms with Gasteiger partial charge in [-0.25, -0.2) is 0 Å². The predicted molar refractivity (Wildman–Crippen MR) is 128 cm³/mol. The Morgan fingerprint density at radius 1 is 1.06 bits per heavy atom. The Balaban J connectivity index is 3.01. The van der Waals surface area contributed by atoms with E-state index < -0.39 is 47.2 Å². The lowest BCUT2D eigenvalue weighted by Crippen LogP contribution is -2.57. The number of benzene rings is 1. The molecule has 3 atom stereocenters. The molecule has 34 heavy (non-hydrogen) atoms. The number of nitrogens with one attached hydrogen (secondary N) is 2. The van der Waals surface area contributed by atoms with Crippen LogP contribution in [0.3, 0.4) is 0 Å². The van der Waals surface area contributed by atoms with E-state index in [2.05, 4.69) is 10.6 Å². The van der Waals surface area contributed by atoms with Crippen LogP contribution in [0.4, 0.5) is 0 Å². The molecule has 3 amide bonds. The number of hydrogen-bond acceptors (Lipinski definition) is 5. The summed E-state index contributed by atoms with van der Waals surface area (Å²) >= 11 is 0. The summed E-state index contributed by atoms with van der Waals surface area (Å²) in [6.07, 6.45) is -0.617. The normalized spacial score (nSPS) is 14.2. The highest BCUT2D eigenvalue weighted by atomic mass is 16.5. The summed E-state index contributed by atoms with van der Waals surface area (Å²) in [5.41, 5.74) is 5.83. The third-order valence-electron chi connectivity index (χ3n) is 5.26. The highest BCUT2D eigenvalue weighted by Crippen LogP contribution is 2.24. The summed E-state index contributed by atoms with van der Waals surface area (Å²) in [5, 5.41) is 14.2. The van der Waals surface area contributed by atoms with Gasteiger partial charge in [-0.3, -0.25) is 19.2 Å². The SMILES string of the molecule is CC(C)C[C@@H](C(=O)N[C@H](C(=O)NCCCC(=O)O)C(C)(C)C)C(OCc1ccccc1)C(N)=O. The molecule has 0 spiro atoms. The second-order valence-corrected chi connectivity index (χ2v) is 9.95. The van der Waals surface area contributed by atoms with E-state index in [0.717, 1.165) is 5.56 Å². The van der Waals surface area contributed by atoms with Crippen molar-refractivity contribution in [1.29, 1.82) is 0 Å². The second kappa shape index (κ2) is 13.7. The Kier molecular flexibility index (Phi) is 11.7. The van der Waals surface area contributed by atoms with Gasteiger partial charge in [0.2, 0.25) is 17.7 Å². The maximum Gasteiger partial charge on any atom is 0.303 e. The molecule has 9 heteroatoms. The molecule has 0 aliphatic rings. The average Bonchev–Trinajstić information content (AvgIpc) is 2.73. The topological polar surface area (TPSA) is 148 Å². The fraction of sp³-hybridized carbons (Fsp3) is 0.600. The molecule has 0 saturated heterocycles. The molecule has 1 aromatic rings. The molecule has 0 saturated carbocycles. The molecule has 0 aliphatic carbocycles. The van der Waals surface area contributed by atoms with Crippen LogP contribution >= 0.6 is 0 Å². The highest BCUT2D eigenvalue weighted by Gasteiger charge is 2.39. The van der Waals surface area contributed by atoms with Crippen molar-refractivity contribution in [2.24, 2.45) is 23.0 Å². The third kappa shape index (κ3) is 10.3. The van der Waals surface area contributed by atoms with Crippen LogP contribution in [0.15, 0.2) is 30.3 Å². The van der Waals surface area contributed by atoms with Crippen LogP contribution in [-0.4, -0.2) is 47.5 Å². The van der Waals surface area contributed by atoms with Crippen LogP contribution in [-0.2, 0) is 30.5 Å². The molecule has 190 valence electrons. The summed E-state index contributed by atoms with van der Waals surface area (Å²) in [6.45, 7) is 9.56. The number of rotatable bonds is 14. The smallest absolute Gasteiger partial charge is 0.303 e. The van der Waals surface area contributed by atoms with Gasteiger partial charge in [-0.05, 0) is 29.7 Å². The van der Waals surface area contributed by atoms with E-state index in [9.17, 15) is 19.2 Å². The van der Waals surface area contributed by atoms with Gasteiger partial charge in [0, 0.05) is 13.0 Å². The van der Waals surface area contributed by atoms with E-state index in [1.54, 1.807) is 0 Å². The maximum atomic E-state index is 13.4. The first-order valence-electron chi connectivity index (χ1n) is 11.6. The van der Waals surface area contributed by atoms with Gasteiger partial charge in [-0.1, -0.05) is 65.0 Å². The molecule has 0 heterocycles. The van der Waals surface area contributed by atoms with Crippen LogP contribution in [0.1, 0.15) is 59.4 Å². The zero-order valence-electron chi connectivity index (χ0n) is 20.8. The number of hydrogen-bond donors (Lipinski definition) is 4. The van der Waals surface area contributed by atoms with Crippen molar-refractivity contribution < 1.29 is 29.0 Å². The van der Waals surface area contributed by atoms with Gasteiger partial charge >= 0.3 is 5.97 Å². The van der Waals surface area contributed by atoms with E-state index in [0.29, 0.717) is 6.42 Å². The Morgan fingerprint density at radius 3 is 2.18 bits per heavy atom. The van der Waals surface area contributed by atoms with Crippen molar-refractivity contribution in [3.8, 4) is 0 Å². The van der Waals surface area contributed by atoms with E-state index in [1.807, 2.05) is 65.0 Å². The third-order valence-corrected chi connectivity index (χ3v) is 5.26. The van der Waals surface area contributed by atoms with Gasteiger partial charge in [0.25, 0.3) is 0 Å². The lowest BCUT2D eigenvalue weighted by molar-refractivity contribution is -0.146. The van der Waals surface area contributed by atoms with Crippen LogP contribution in [0, 0.1) is 17.3 Å². The first-order valence-corrected chi connectivity index (χ1v) is 11.6. The second-order valence-electron chi connectivity index (χ2n) is 9.95. The molecule has 1 rings (SSSR count). The predicted octanol–water partition coefficient (Wildman–Crippen LogP) is 2.23. The summed E-state index contributed by atoms with van der Waals surface area (Å²) < 4.78 is 5.81. The number of carboxylic acid groups (broad SMARTS) is 1. The monoisotopic (exact) mass is 477 g/mol. The van der Waals surface area contributed by atoms with Gasteiger partial charge in [0.15, 0.2) is 0 Å². The summed E-state index contributed by atoms with van der Waals surface area (Å²) in [7, 11) is 0. The number of carbonyl (C=O) groups is 4. The number of ether oxygens (including phenoxy) is 1. The quantitative estimate of drug-likeness (QED) is 0.302. The number of amides is 3. The molecular weight excluding hydrogens is 438 g/mol. The van der Waals surface area contributed by atoms with Crippen molar-refractivity contribution in [2.75, 3.05) is 6.54 Å². The van der Waals surface area contributed by atoms with Gasteiger partial charge < -0.3 is 26.2 Å². The first kappa shape index (κ1) is 29.1. The lowest BCUT2D eigenvalue weighted by atomic mass is 9.84. The average molecular weight is 478 g/mol. The Labute approximate surface area is 201 Å². The molecule has 0 aliphatic heterocycles. The van der Waals surface area contributed by atoms with Crippen molar-refractivity contribution in [3.63, 3.8) is 0 Å². The van der Waals surface area contributed by atoms with E-state index in [4.69, 9.17) is 15.6 Å². The molecule has 1 unspecified atom stereocenters. The first-order chi connectivity index (χ1) is 15.8. The summed E-state index contributed by atoms with van der Waals surface area (Å²) in [6, 6.07) is 8.35. The molecule has 0 radical (unpaired) electrons. The number of primary amides is 1. The number of nitrogens with two attached hydrogens (primary N) is 1. The summed E-state index contributed by atoms with van der Waals surface area (Å²) in [4.78, 5) is 49.2. The molecule has 0 bridgehead atoms. The fourth-order valence-electron chi connectivity index (χ4n) is 3.51. The van der Waals surface area contributed by atoms with Crippen molar-refractivity contribution in [3.05, 3.63) is 35.9 Å². The molecular formula is C25H39N3O6. The van der Waals surface area contributed by atoms with Gasteiger partial charge in [0.1, 0.15) is 12.1 Å². The zero-order valence-corrected chi connectivity index (χ0v) is 20.8. The molecule has 1 aromatic carbocycles. The molecule has 9 nitrogen and oxygen atoms in total. The standard InChI is InChI=1S/C25H39N3O6/c1-16(2)14-18(20(22(26)31)34-15-17-10-7-6-8-11-17)23(32)28-21(25(3,4)5)24(33)27-13-9-12-19(29)30/h6-8,10-11,16,18,20-21H,9,12-15H2,1-5H3,(H2,26,31)(H,27,33)(H,28,32)(H,29,30)/t18-,20?,21-/m1/s1. The molecule has 0 fully saturated rings. The van der Waals surface area contributed by atoms with Gasteiger partial charge in [-0.15, -0.1) is 0 Å². The van der Waals surface area contributed by atoms with E-state index >= 15 is 0 Å². The van der Waals surface area contributed by atoms with Crippen molar-refractivity contribution in [1.82, 2.24) is 10.6 Å². The maximum absolute atomic E-state index is 13.4. The Hall–Kier alpha value is -2.94. The van der Waals surface area contributed by atoms with Crippen LogP contribution in [0.5, 0.6) is 0 Å². The van der Waals surface area contributed by atoms with Crippen LogP contribution < -0.4 is 16.4 Å². The lowest BCUT2D eigenvalue weighted by Gasteiger charge is -2.33. The molecule has 0 aromatic heterocycles. The van der Waals surface area contributed by atoms with Crippen LogP contribution in [0.25, 0.3) is 0 Å².